The van der Waals surface area contributed by atoms with Crippen LogP contribution in [0, 0.1) is 5.92 Å². The quantitative estimate of drug-likeness (QED) is 0.350. The number of nitrogens with one attached hydrogen (secondary N) is 2. The third-order valence-electron chi connectivity index (χ3n) is 6.75. The van der Waals surface area contributed by atoms with E-state index in [2.05, 4.69) is 62.7 Å². The number of rotatable bonds is 6. The van der Waals surface area contributed by atoms with Crippen LogP contribution in [0.2, 0.25) is 0 Å². The Morgan fingerprint density at radius 1 is 1.10 bits per heavy atom. The lowest BCUT2D eigenvalue weighted by molar-refractivity contribution is 0.134. The maximum Gasteiger partial charge on any atom is 0.191 e. The fraction of sp³-hybridized carbons (Fsp3) is 0.696. The predicted octanol–water partition coefficient (Wildman–Crippen LogP) is 3.31. The summed E-state index contributed by atoms with van der Waals surface area (Å²) in [4.78, 5) is 9.78. The summed E-state index contributed by atoms with van der Waals surface area (Å²) >= 11 is 0. The van der Waals surface area contributed by atoms with E-state index in [1.165, 1.54) is 50.8 Å². The van der Waals surface area contributed by atoms with E-state index in [1.807, 2.05) is 7.05 Å². The molecule has 4 rings (SSSR count). The van der Waals surface area contributed by atoms with Gasteiger partial charge in [-0.2, -0.15) is 0 Å². The number of guanidine groups is 1. The Morgan fingerprint density at radius 3 is 2.59 bits per heavy atom. The van der Waals surface area contributed by atoms with E-state index in [4.69, 9.17) is 0 Å². The van der Waals surface area contributed by atoms with Crippen LogP contribution in [0.25, 0.3) is 0 Å². The average Bonchev–Trinajstić information content (AvgIpc) is 3.46. The zero-order valence-electron chi connectivity index (χ0n) is 18.0. The van der Waals surface area contributed by atoms with Crippen LogP contribution in [0.1, 0.15) is 44.6 Å². The van der Waals surface area contributed by atoms with E-state index in [0.717, 1.165) is 37.6 Å². The van der Waals surface area contributed by atoms with Crippen molar-refractivity contribution in [2.45, 2.75) is 63.7 Å². The van der Waals surface area contributed by atoms with Crippen molar-refractivity contribution < 1.29 is 0 Å². The van der Waals surface area contributed by atoms with Crippen molar-refractivity contribution in [3.05, 3.63) is 35.9 Å². The van der Waals surface area contributed by atoms with Gasteiger partial charge in [0.1, 0.15) is 0 Å². The lowest BCUT2D eigenvalue weighted by atomic mass is 9.97. The van der Waals surface area contributed by atoms with E-state index in [9.17, 15) is 0 Å². The molecule has 0 amide bonds. The molecule has 3 fully saturated rings. The molecule has 2 heterocycles. The average molecular weight is 511 g/mol. The summed E-state index contributed by atoms with van der Waals surface area (Å²) in [7, 11) is 1.90. The van der Waals surface area contributed by atoms with Gasteiger partial charge in [0.2, 0.25) is 0 Å². The van der Waals surface area contributed by atoms with Crippen LogP contribution in [-0.2, 0) is 6.54 Å². The van der Waals surface area contributed by atoms with E-state index in [0.29, 0.717) is 12.1 Å². The number of halogens is 1. The monoisotopic (exact) mass is 511 g/mol. The minimum Gasteiger partial charge on any atom is -0.356 e. The van der Waals surface area contributed by atoms with Gasteiger partial charge in [0.05, 0.1) is 0 Å². The Hall–Kier alpha value is -0.860. The Labute approximate surface area is 193 Å². The molecule has 0 aromatic heterocycles. The first-order chi connectivity index (χ1) is 13.7. The van der Waals surface area contributed by atoms with Crippen LogP contribution in [0.15, 0.2) is 35.3 Å². The van der Waals surface area contributed by atoms with Gasteiger partial charge in [0.15, 0.2) is 5.96 Å². The Kier molecular flexibility index (Phi) is 8.62. The number of nitrogens with zero attached hydrogens (tertiary/aromatic N) is 3. The third kappa shape index (κ3) is 6.56. The first-order valence-electron chi connectivity index (χ1n) is 11.2. The number of piperidine rings is 1. The molecule has 1 saturated carbocycles. The molecule has 5 nitrogen and oxygen atoms in total. The predicted molar refractivity (Wildman–Crippen MR) is 132 cm³/mol. The van der Waals surface area contributed by atoms with Crippen molar-refractivity contribution in [2.75, 3.05) is 33.2 Å². The third-order valence-corrected chi connectivity index (χ3v) is 6.75. The van der Waals surface area contributed by atoms with Crippen LogP contribution in [-0.4, -0.2) is 67.1 Å². The van der Waals surface area contributed by atoms with Gasteiger partial charge in [-0.25, -0.2) is 0 Å². The molecule has 1 aromatic carbocycles. The van der Waals surface area contributed by atoms with Crippen LogP contribution >= 0.6 is 24.0 Å². The fourth-order valence-corrected chi connectivity index (χ4v) is 4.83. The highest BCUT2D eigenvalue weighted by atomic mass is 127. The first-order valence-corrected chi connectivity index (χ1v) is 11.2. The summed E-state index contributed by atoms with van der Waals surface area (Å²) in [6.45, 7) is 8.16. The fourth-order valence-electron chi connectivity index (χ4n) is 4.83. The molecule has 0 radical (unpaired) electrons. The molecule has 162 valence electrons. The van der Waals surface area contributed by atoms with Gasteiger partial charge in [0, 0.05) is 51.4 Å². The highest BCUT2D eigenvalue weighted by molar-refractivity contribution is 14.0. The van der Waals surface area contributed by atoms with Gasteiger partial charge in [-0.15, -0.1) is 24.0 Å². The van der Waals surface area contributed by atoms with E-state index >= 15 is 0 Å². The SMILES string of the molecule is CN=C(NCC1CCN(C2CC2)C1)NC1CCN(Cc2ccccc2)C(C)C1.I. The molecule has 29 heavy (non-hydrogen) atoms. The van der Waals surface area contributed by atoms with Gasteiger partial charge < -0.3 is 15.5 Å². The molecule has 2 aliphatic heterocycles. The molecule has 0 spiro atoms. The molecule has 3 unspecified atom stereocenters. The molecule has 0 bridgehead atoms. The summed E-state index contributed by atoms with van der Waals surface area (Å²) < 4.78 is 0. The minimum atomic E-state index is 0. The summed E-state index contributed by atoms with van der Waals surface area (Å²) in [5, 5.41) is 7.29. The molecule has 3 atom stereocenters. The van der Waals surface area contributed by atoms with E-state index in [-0.39, 0.29) is 24.0 Å². The Bertz CT molecular complexity index is 648. The molecule has 3 aliphatic rings. The second-order valence-corrected chi connectivity index (χ2v) is 9.00. The Morgan fingerprint density at radius 2 is 1.90 bits per heavy atom. The molecular weight excluding hydrogens is 473 g/mol. The Balaban J connectivity index is 0.00000240. The largest absolute Gasteiger partial charge is 0.356 e. The zero-order valence-corrected chi connectivity index (χ0v) is 20.3. The lowest BCUT2D eigenvalue weighted by Gasteiger charge is -2.38. The van der Waals surface area contributed by atoms with Crippen LogP contribution < -0.4 is 10.6 Å². The van der Waals surface area contributed by atoms with Crippen molar-refractivity contribution >= 4 is 29.9 Å². The number of likely N-dealkylation sites (tertiary alicyclic amines) is 2. The van der Waals surface area contributed by atoms with Gasteiger partial charge in [0.25, 0.3) is 0 Å². The number of hydrogen-bond donors (Lipinski definition) is 2. The molecule has 2 N–H and O–H groups in total. The molecule has 1 aliphatic carbocycles. The molecule has 1 aromatic rings. The first kappa shape index (κ1) is 22.8. The van der Waals surface area contributed by atoms with Crippen LogP contribution in [0.3, 0.4) is 0 Å². The normalized spacial score (nSPS) is 28.8. The van der Waals surface area contributed by atoms with Crippen LogP contribution in [0.4, 0.5) is 0 Å². The topological polar surface area (TPSA) is 42.9 Å². The number of aliphatic imine (C=N–C) groups is 1. The van der Waals surface area contributed by atoms with Crippen molar-refractivity contribution in [3.63, 3.8) is 0 Å². The van der Waals surface area contributed by atoms with Crippen molar-refractivity contribution in [1.29, 1.82) is 0 Å². The maximum atomic E-state index is 4.49. The maximum absolute atomic E-state index is 4.49. The molecule has 2 saturated heterocycles. The minimum absolute atomic E-state index is 0. The van der Waals surface area contributed by atoms with Crippen LogP contribution in [0.5, 0.6) is 0 Å². The van der Waals surface area contributed by atoms with Crippen molar-refractivity contribution in [2.24, 2.45) is 10.9 Å². The summed E-state index contributed by atoms with van der Waals surface area (Å²) in [5.74, 6) is 1.75. The van der Waals surface area contributed by atoms with Gasteiger partial charge in [-0.1, -0.05) is 30.3 Å². The lowest BCUT2D eigenvalue weighted by Crippen LogP contribution is -2.51. The smallest absolute Gasteiger partial charge is 0.191 e. The van der Waals surface area contributed by atoms with Gasteiger partial charge in [-0.3, -0.25) is 9.89 Å². The highest BCUT2D eigenvalue weighted by Gasteiger charge is 2.34. The number of benzene rings is 1. The highest BCUT2D eigenvalue weighted by Crippen LogP contribution is 2.31. The summed E-state index contributed by atoms with van der Waals surface area (Å²) in [5.41, 5.74) is 1.41. The summed E-state index contributed by atoms with van der Waals surface area (Å²) in [6.07, 6.45) is 6.52. The van der Waals surface area contributed by atoms with Crippen molar-refractivity contribution in [1.82, 2.24) is 20.4 Å². The zero-order chi connectivity index (χ0) is 19.3. The van der Waals surface area contributed by atoms with Gasteiger partial charge in [-0.05, 0) is 57.1 Å². The van der Waals surface area contributed by atoms with E-state index < -0.39 is 0 Å². The van der Waals surface area contributed by atoms with E-state index in [1.54, 1.807) is 0 Å². The van der Waals surface area contributed by atoms with Crippen molar-refractivity contribution in [3.8, 4) is 0 Å². The molecule has 6 heteroatoms. The summed E-state index contributed by atoms with van der Waals surface area (Å²) in [6, 6.07) is 12.8. The number of hydrogen-bond acceptors (Lipinski definition) is 3. The second kappa shape index (κ2) is 11.0. The van der Waals surface area contributed by atoms with Gasteiger partial charge >= 0.3 is 0 Å². The standard InChI is InChI=1S/C23H37N5.HI/c1-18-14-21(11-13-27(18)16-19-6-4-3-5-7-19)26-23(24-2)25-15-20-10-12-28(17-20)22-8-9-22;/h3-7,18,20-22H,8-17H2,1-2H3,(H2,24,25,26);1H. The molecular formula is C23H38IN5. The second-order valence-electron chi connectivity index (χ2n) is 9.00.